The number of amides is 2. The monoisotopic (exact) mass is 414 g/mol. The van der Waals surface area contributed by atoms with Crippen LogP contribution in [-0.2, 0) is 4.79 Å². The Kier molecular flexibility index (Phi) is 6.89. The molecule has 7 nitrogen and oxygen atoms in total. The van der Waals surface area contributed by atoms with Crippen molar-refractivity contribution in [1.82, 2.24) is 20.0 Å². The van der Waals surface area contributed by atoms with Crippen molar-refractivity contribution >= 4 is 11.8 Å². The number of benzene rings is 1. The summed E-state index contributed by atoms with van der Waals surface area (Å²) >= 11 is 0. The van der Waals surface area contributed by atoms with E-state index in [0.717, 1.165) is 63.9 Å². The van der Waals surface area contributed by atoms with E-state index in [9.17, 15) is 9.59 Å². The average Bonchev–Trinajstić information content (AvgIpc) is 2.74. The van der Waals surface area contributed by atoms with E-state index in [-0.39, 0.29) is 17.9 Å². The molecule has 1 aliphatic carbocycles. The van der Waals surface area contributed by atoms with Gasteiger partial charge in [0.15, 0.2) is 0 Å². The van der Waals surface area contributed by atoms with Crippen LogP contribution in [0.25, 0.3) is 0 Å². The van der Waals surface area contributed by atoms with E-state index in [1.54, 1.807) is 31.4 Å². The number of piperazine rings is 1. The first-order chi connectivity index (χ1) is 14.6. The third kappa shape index (κ3) is 5.13. The number of carbonyl (C=O) groups excluding carboxylic acids is 2. The van der Waals surface area contributed by atoms with Gasteiger partial charge >= 0.3 is 0 Å². The minimum atomic E-state index is -0.0449. The molecule has 164 valence electrons. The van der Waals surface area contributed by atoms with Gasteiger partial charge in [-0.05, 0) is 49.9 Å². The lowest BCUT2D eigenvalue weighted by molar-refractivity contribution is -0.135. The predicted molar refractivity (Wildman–Crippen MR) is 116 cm³/mol. The smallest absolute Gasteiger partial charge is 0.251 e. The van der Waals surface area contributed by atoms with Crippen LogP contribution in [-0.4, -0.2) is 91.5 Å². The topological polar surface area (TPSA) is 65.1 Å². The molecule has 7 heteroatoms. The fraction of sp³-hybridized carbons (Fsp3) is 0.652. The third-order valence-electron chi connectivity index (χ3n) is 6.89. The zero-order chi connectivity index (χ0) is 20.9. The van der Waals surface area contributed by atoms with Crippen LogP contribution in [0, 0.1) is 0 Å². The average molecular weight is 415 g/mol. The summed E-state index contributed by atoms with van der Waals surface area (Å²) in [5.74, 6) is 0.953. The standard InChI is InChI=1S/C23H34N4O3/c1-30-21-7-5-18(6-8-21)23(29)24-19-9-11-25(12-10-19)17-22(28)27-15-13-26(14-16-27)20-3-2-4-20/h5-8,19-20H,2-4,9-17H2,1H3,(H,24,29). The first-order valence-electron chi connectivity index (χ1n) is 11.3. The summed E-state index contributed by atoms with van der Waals surface area (Å²) in [6.45, 7) is 5.98. The summed E-state index contributed by atoms with van der Waals surface area (Å²) in [6.07, 6.45) is 5.78. The molecule has 0 radical (unpaired) electrons. The van der Waals surface area contributed by atoms with E-state index in [1.165, 1.54) is 19.3 Å². The Hall–Kier alpha value is -2.12. The summed E-state index contributed by atoms with van der Waals surface area (Å²) in [4.78, 5) is 32.0. The van der Waals surface area contributed by atoms with Gasteiger partial charge in [-0.2, -0.15) is 0 Å². The van der Waals surface area contributed by atoms with Gasteiger partial charge in [-0.15, -0.1) is 0 Å². The highest BCUT2D eigenvalue weighted by atomic mass is 16.5. The number of ether oxygens (including phenoxy) is 1. The Morgan fingerprint density at radius 3 is 2.20 bits per heavy atom. The van der Waals surface area contributed by atoms with Crippen molar-refractivity contribution in [3.05, 3.63) is 29.8 Å². The lowest BCUT2D eigenvalue weighted by atomic mass is 9.91. The van der Waals surface area contributed by atoms with Gasteiger partial charge < -0.3 is 15.0 Å². The molecule has 0 bridgehead atoms. The molecule has 1 aromatic rings. The van der Waals surface area contributed by atoms with Gasteiger partial charge in [0.1, 0.15) is 5.75 Å². The van der Waals surface area contributed by atoms with E-state index < -0.39 is 0 Å². The second kappa shape index (κ2) is 9.79. The maximum atomic E-state index is 12.7. The lowest BCUT2D eigenvalue weighted by Crippen LogP contribution is -2.55. The molecule has 1 N–H and O–H groups in total. The Morgan fingerprint density at radius 1 is 0.967 bits per heavy atom. The van der Waals surface area contributed by atoms with Crippen molar-refractivity contribution in [1.29, 1.82) is 0 Å². The molecule has 2 heterocycles. The minimum absolute atomic E-state index is 0.0449. The fourth-order valence-corrected chi connectivity index (χ4v) is 4.63. The molecular weight excluding hydrogens is 380 g/mol. The van der Waals surface area contributed by atoms with Crippen LogP contribution in [0.4, 0.5) is 0 Å². The van der Waals surface area contributed by atoms with Crippen LogP contribution >= 0.6 is 0 Å². The van der Waals surface area contributed by atoms with Gasteiger partial charge in [-0.3, -0.25) is 19.4 Å². The van der Waals surface area contributed by atoms with Crippen molar-refractivity contribution in [2.75, 3.05) is 52.9 Å². The van der Waals surface area contributed by atoms with Gasteiger partial charge in [0.25, 0.3) is 5.91 Å². The largest absolute Gasteiger partial charge is 0.497 e. The molecule has 0 spiro atoms. The molecule has 0 atom stereocenters. The minimum Gasteiger partial charge on any atom is -0.497 e. The van der Waals surface area contributed by atoms with Crippen molar-refractivity contribution in [3.63, 3.8) is 0 Å². The maximum Gasteiger partial charge on any atom is 0.251 e. The molecule has 3 aliphatic rings. The summed E-state index contributed by atoms with van der Waals surface area (Å²) in [5, 5.41) is 3.13. The van der Waals surface area contributed by atoms with Crippen LogP contribution in [0.3, 0.4) is 0 Å². The number of nitrogens with one attached hydrogen (secondary N) is 1. The highest BCUT2D eigenvalue weighted by Gasteiger charge is 2.30. The maximum absolute atomic E-state index is 12.7. The number of piperidine rings is 1. The number of carbonyl (C=O) groups is 2. The number of likely N-dealkylation sites (tertiary alicyclic amines) is 1. The van der Waals surface area contributed by atoms with Crippen molar-refractivity contribution in [2.45, 2.75) is 44.2 Å². The van der Waals surface area contributed by atoms with Crippen LogP contribution < -0.4 is 10.1 Å². The Balaban J connectivity index is 1.16. The van der Waals surface area contributed by atoms with E-state index >= 15 is 0 Å². The molecule has 3 fully saturated rings. The Labute approximate surface area is 179 Å². The first kappa shape index (κ1) is 21.1. The predicted octanol–water partition coefficient (Wildman–Crippen LogP) is 1.59. The van der Waals surface area contributed by atoms with Gasteiger partial charge in [0, 0.05) is 56.9 Å². The molecule has 2 saturated heterocycles. The number of nitrogens with zero attached hydrogens (tertiary/aromatic N) is 3. The summed E-state index contributed by atoms with van der Waals surface area (Å²) < 4.78 is 5.14. The molecule has 30 heavy (non-hydrogen) atoms. The molecule has 1 saturated carbocycles. The zero-order valence-corrected chi connectivity index (χ0v) is 18.0. The molecule has 2 aliphatic heterocycles. The highest BCUT2D eigenvalue weighted by Crippen LogP contribution is 2.25. The third-order valence-corrected chi connectivity index (χ3v) is 6.89. The number of hydrogen-bond donors (Lipinski definition) is 1. The van der Waals surface area contributed by atoms with E-state index in [4.69, 9.17) is 4.74 Å². The molecule has 2 amide bonds. The van der Waals surface area contributed by atoms with Crippen LogP contribution in [0.2, 0.25) is 0 Å². The summed E-state index contributed by atoms with van der Waals surface area (Å²) in [6, 6.07) is 8.11. The van der Waals surface area contributed by atoms with Gasteiger partial charge in [0.05, 0.1) is 13.7 Å². The Bertz CT molecular complexity index is 718. The van der Waals surface area contributed by atoms with Gasteiger partial charge in [0.2, 0.25) is 5.91 Å². The molecule has 4 rings (SSSR count). The van der Waals surface area contributed by atoms with Crippen molar-refractivity contribution in [2.24, 2.45) is 0 Å². The zero-order valence-electron chi connectivity index (χ0n) is 18.0. The number of rotatable bonds is 6. The van der Waals surface area contributed by atoms with Crippen LogP contribution in [0.1, 0.15) is 42.5 Å². The van der Waals surface area contributed by atoms with Gasteiger partial charge in [-0.1, -0.05) is 6.42 Å². The van der Waals surface area contributed by atoms with Crippen molar-refractivity contribution < 1.29 is 14.3 Å². The van der Waals surface area contributed by atoms with E-state index in [0.29, 0.717) is 12.1 Å². The fourth-order valence-electron chi connectivity index (χ4n) is 4.63. The lowest BCUT2D eigenvalue weighted by Gasteiger charge is -2.43. The number of methoxy groups -OCH3 is 1. The summed E-state index contributed by atoms with van der Waals surface area (Å²) in [7, 11) is 1.61. The Morgan fingerprint density at radius 2 is 1.63 bits per heavy atom. The number of hydrogen-bond acceptors (Lipinski definition) is 5. The van der Waals surface area contributed by atoms with E-state index in [2.05, 4.69) is 15.1 Å². The van der Waals surface area contributed by atoms with Crippen LogP contribution in [0.15, 0.2) is 24.3 Å². The molecule has 1 aromatic carbocycles. The van der Waals surface area contributed by atoms with Gasteiger partial charge in [-0.25, -0.2) is 0 Å². The van der Waals surface area contributed by atoms with Crippen molar-refractivity contribution in [3.8, 4) is 5.75 Å². The highest BCUT2D eigenvalue weighted by molar-refractivity contribution is 5.94. The second-order valence-electron chi connectivity index (χ2n) is 8.75. The normalized spacial score (nSPS) is 21.8. The second-order valence-corrected chi connectivity index (χ2v) is 8.75. The van der Waals surface area contributed by atoms with Crippen LogP contribution in [0.5, 0.6) is 5.75 Å². The first-order valence-corrected chi connectivity index (χ1v) is 11.3. The SMILES string of the molecule is COc1ccc(C(=O)NC2CCN(CC(=O)N3CCN(C4CCC4)CC3)CC2)cc1. The quantitative estimate of drug-likeness (QED) is 0.766. The van der Waals surface area contributed by atoms with E-state index in [1.807, 2.05) is 4.90 Å². The molecule has 0 unspecified atom stereocenters. The summed E-state index contributed by atoms with van der Waals surface area (Å²) in [5.41, 5.74) is 0.648. The molecular formula is C23H34N4O3. The molecule has 0 aromatic heterocycles.